The molecule has 0 aromatic heterocycles. The highest BCUT2D eigenvalue weighted by Gasteiger charge is 2.37. The summed E-state index contributed by atoms with van der Waals surface area (Å²) < 4.78 is 5.73. The summed E-state index contributed by atoms with van der Waals surface area (Å²) in [4.78, 5) is 2.13. The van der Waals surface area contributed by atoms with Gasteiger partial charge < -0.3 is 19.8 Å². The summed E-state index contributed by atoms with van der Waals surface area (Å²) in [5.74, 6) is 0. The van der Waals surface area contributed by atoms with Gasteiger partial charge in [-0.3, -0.25) is 0 Å². The van der Waals surface area contributed by atoms with Gasteiger partial charge in [0.25, 0.3) is 0 Å². The van der Waals surface area contributed by atoms with Crippen molar-refractivity contribution in [3.05, 3.63) is 24.3 Å². The van der Waals surface area contributed by atoms with Crippen molar-refractivity contribution in [1.29, 1.82) is 0 Å². The molecule has 1 saturated heterocycles. The number of hydrogen-bond acceptors (Lipinski definition) is 4. The summed E-state index contributed by atoms with van der Waals surface area (Å²) in [7, 11) is 1.67. The Bertz CT molecular complexity index is 483. The first-order chi connectivity index (χ1) is 9.50. The normalized spacial score (nSPS) is 18.3. The fraction of sp³-hybridized carbons (Fsp3) is 0.625. The summed E-state index contributed by atoms with van der Waals surface area (Å²) in [6.07, 6.45) is 0. The number of benzene rings is 1. The SMILES string of the molecule is CC1(O)CN(c2ccc([B]OC(C)(C)C(C)(C)O)cc2)C1. The summed E-state index contributed by atoms with van der Waals surface area (Å²) in [5, 5.41) is 19.8. The van der Waals surface area contributed by atoms with E-state index in [4.69, 9.17) is 4.65 Å². The zero-order chi connectivity index (χ0) is 15.9. The van der Waals surface area contributed by atoms with E-state index < -0.39 is 16.8 Å². The lowest BCUT2D eigenvalue weighted by atomic mass is 9.82. The molecule has 0 unspecified atom stereocenters. The van der Waals surface area contributed by atoms with Crippen LogP contribution in [-0.4, -0.2) is 47.6 Å². The van der Waals surface area contributed by atoms with E-state index in [1.807, 2.05) is 45.0 Å². The van der Waals surface area contributed by atoms with Crippen molar-refractivity contribution in [2.24, 2.45) is 0 Å². The van der Waals surface area contributed by atoms with Gasteiger partial charge in [-0.15, -0.1) is 0 Å². The molecular weight excluding hydrogens is 265 g/mol. The maximum atomic E-state index is 10.1. The number of rotatable bonds is 5. The molecule has 0 spiro atoms. The van der Waals surface area contributed by atoms with Crippen LogP contribution in [0.2, 0.25) is 0 Å². The molecular formula is C16H25BNO3. The number of nitrogens with zero attached hydrogens (tertiary/aromatic N) is 1. The molecule has 21 heavy (non-hydrogen) atoms. The first kappa shape index (κ1) is 16.3. The Kier molecular flexibility index (Phi) is 4.13. The lowest BCUT2D eigenvalue weighted by Gasteiger charge is -2.45. The first-order valence-electron chi connectivity index (χ1n) is 7.31. The van der Waals surface area contributed by atoms with Crippen LogP contribution in [0.1, 0.15) is 34.6 Å². The molecule has 2 N–H and O–H groups in total. The van der Waals surface area contributed by atoms with Gasteiger partial charge >= 0.3 is 7.48 Å². The maximum Gasteiger partial charge on any atom is 0.330 e. The molecule has 2 rings (SSSR count). The van der Waals surface area contributed by atoms with Crippen molar-refractivity contribution >= 4 is 18.6 Å². The van der Waals surface area contributed by atoms with Crippen molar-refractivity contribution in [2.45, 2.75) is 51.4 Å². The zero-order valence-corrected chi connectivity index (χ0v) is 13.6. The molecule has 0 amide bonds. The van der Waals surface area contributed by atoms with E-state index in [-0.39, 0.29) is 0 Å². The number of hydrogen-bond donors (Lipinski definition) is 2. The van der Waals surface area contributed by atoms with Crippen LogP contribution in [0.25, 0.3) is 0 Å². The van der Waals surface area contributed by atoms with Crippen LogP contribution in [-0.2, 0) is 4.65 Å². The Hall–Kier alpha value is -1.04. The lowest BCUT2D eigenvalue weighted by Crippen LogP contribution is -2.60. The average molecular weight is 290 g/mol. The van der Waals surface area contributed by atoms with Crippen LogP contribution in [0, 0.1) is 0 Å². The third-order valence-corrected chi connectivity index (χ3v) is 4.28. The Balaban J connectivity index is 1.92. The molecule has 1 aliphatic heterocycles. The Labute approximate surface area is 128 Å². The van der Waals surface area contributed by atoms with Gasteiger partial charge in [-0.2, -0.15) is 0 Å². The van der Waals surface area contributed by atoms with E-state index in [0.717, 1.165) is 11.2 Å². The van der Waals surface area contributed by atoms with Gasteiger partial charge in [0, 0.05) is 18.8 Å². The van der Waals surface area contributed by atoms with Crippen molar-refractivity contribution in [3.63, 3.8) is 0 Å². The molecule has 1 fully saturated rings. The molecule has 4 nitrogen and oxygen atoms in total. The molecule has 115 valence electrons. The standard InChI is InChI=1S/C16H25BNO3/c1-14(2,19)15(3,4)21-17-12-6-8-13(9-7-12)18-10-16(5,20)11-18/h6-9,19-20H,10-11H2,1-5H3. The van der Waals surface area contributed by atoms with Crippen molar-refractivity contribution in [1.82, 2.24) is 0 Å². The molecule has 1 aliphatic rings. The van der Waals surface area contributed by atoms with Crippen LogP contribution in [0.3, 0.4) is 0 Å². The average Bonchev–Trinajstić information content (AvgIpc) is 2.33. The number of anilines is 1. The predicted molar refractivity (Wildman–Crippen MR) is 86.1 cm³/mol. The fourth-order valence-corrected chi connectivity index (χ4v) is 2.08. The second kappa shape index (κ2) is 5.31. The van der Waals surface area contributed by atoms with Crippen LogP contribution in [0.4, 0.5) is 5.69 Å². The summed E-state index contributed by atoms with van der Waals surface area (Å²) >= 11 is 0. The molecule has 1 heterocycles. The summed E-state index contributed by atoms with van der Waals surface area (Å²) in [6, 6.07) is 7.98. The first-order valence-corrected chi connectivity index (χ1v) is 7.31. The van der Waals surface area contributed by atoms with Crippen molar-refractivity contribution < 1.29 is 14.9 Å². The maximum absolute atomic E-state index is 10.1. The van der Waals surface area contributed by atoms with Crippen LogP contribution < -0.4 is 10.4 Å². The molecule has 5 heteroatoms. The molecule has 0 atom stereocenters. The van der Waals surface area contributed by atoms with E-state index in [0.29, 0.717) is 13.1 Å². The highest BCUT2D eigenvalue weighted by molar-refractivity contribution is 6.47. The fourth-order valence-electron chi connectivity index (χ4n) is 2.08. The minimum Gasteiger partial charge on any atom is -0.427 e. The van der Waals surface area contributed by atoms with Crippen LogP contribution in [0.5, 0.6) is 0 Å². The van der Waals surface area contributed by atoms with Crippen molar-refractivity contribution in [3.8, 4) is 0 Å². The zero-order valence-electron chi connectivity index (χ0n) is 13.6. The number of aliphatic hydroxyl groups is 2. The van der Waals surface area contributed by atoms with Crippen molar-refractivity contribution in [2.75, 3.05) is 18.0 Å². The third kappa shape index (κ3) is 3.79. The smallest absolute Gasteiger partial charge is 0.330 e. The monoisotopic (exact) mass is 290 g/mol. The predicted octanol–water partition coefficient (Wildman–Crippen LogP) is 1.07. The van der Waals surface area contributed by atoms with E-state index in [1.165, 1.54) is 0 Å². The largest absolute Gasteiger partial charge is 0.427 e. The van der Waals surface area contributed by atoms with Gasteiger partial charge in [0.2, 0.25) is 0 Å². The molecule has 1 aromatic carbocycles. The van der Waals surface area contributed by atoms with Gasteiger partial charge in [0.15, 0.2) is 0 Å². The van der Waals surface area contributed by atoms with E-state index in [1.54, 1.807) is 21.3 Å². The quantitative estimate of drug-likeness (QED) is 0.797. The Morgan fingerprint density at radius 2 is 1.67 bits per heavy atom. The molecule has 1 radical (unpaired) electrons. The Morgan fingerprint density at radius 3 is 2.10 bits per heavy atom. The van der Waals surface area contributed by atoms with E-state index in [9.17, 15) is 10.2 Å². The van der Waals surface area contributed by atoms with Gasteiger partial charge in [0.1, 0.15) is 0 Å². The van der Waals surface area contributed by atoms with Crippen LogP contribution in [0.15, 0.2) is 24.3 Å². The van der Waals surface area contributed by atoms with Gasteiger partial charge in [-0.05, 0) is 46.8 Å². The Morgan fingerprint density at radius 1 is 1.14 bits per heavy atom. The highest BCUT2D eigenvalue weighted by Crippen LogP contribution is 2.27. The van der Waals surface area contributed by atoms with E-state index in [2.05, 4.69) is 4.90 Å². The highest BCUT2D eigenvalue weighted by atomic mass is 16.5. The molecule has 0 bridgehead atoms. The lowest BCUT2D eigenvalue weighted by molar-refractivity contribution is -0.0893. The molecule has 0 saturated carbocycles. The van der Waals surface area contributed by atoms with Crippen LogP contribution >= 0.6 is 0 Å². The van der Waals surface area contributed by atoms with Gasteiger partial charge in [-0.25, -0.2) is 0 Å². The third-order valence-electron chi connectivity index (χ3n) is 4.28. The molecule has 0 aliphatic carbocycles. The summed E-state index contributed by atoms with van der Waals surface area (Å²) in [5.41, 5.74) is -0.108. The number of β-amino-alcohol motifs (C(OH)–C–C–N with tert-alkyl or cyclic N) is 1. The van der Waals surface area contributed by atoms with E-state index >= 15 is 0 Å². The minimum absolute atomic E-state index is 0.565. The topological polar surface area (TPSA) is 52.9 Å². The second-order valence-corrected chi connectivity index (χ2v) is 7.25. The minimum atomic E-state index is -0.924. The second-order valence-electron chi connectivity index (χ2n) is 7.25. The molecule has 1 aromatic rings. The summed E-state index contributed by atoms with van der Waals surface area (Å²) in [6.45, 7) is 10.4. The van der Waals surface area contributed by atoms with Gasteiger partial charge in [0.05, 0.1) is 16.8 Å². The van der Waals surface area contributed by atoms with Gasteiger partial charge in [-0.1, -0.05) is 17.6 Å².